The fraction of sp³-hybridized carbons (Fsp3) is 0.650. The molecule has 0 bridgehead atoms. The predicted molar refractivity (Wildman–Crippen MR) is 99.5 cm³/mol. The van der Waals surface area contributed by atoms with Crippen LogP contribution in [0.1, 0.15) is 39.2 Å². The van der Waals surface area contributed by atoms with E-state index in [0.717, 1.165) is 39.0 Å². The molecule has 1 heterocycles. The molecule has 0 saturated carbocycles. The average molecular weight is 332 g/mol. The Bertz CT molecular complexity index is 515. The fourth-order valence-electron chi connectivity index (χ4n) is 3.30. The van der Waals surface area contributed by atoms with Gasteiger partial charge in [0.2, 0.25) is 5.91 Å². The smallest absolute Gasteiger partial charge is 0.240 e. The van der Waals surface area contributed by atoms with Gasteiger partial charge in [-0.05, 0) is 36.8 Å². The Morgan fingerprint density at radius 1 is 1.25 bits per heavy atom. The highest BCUT2D eigenvalue weighted by Crippen LogP contribution is 2.23. The van der Waals surface area contributed by atoms with E-state index in [1.807, 2.05) is 25.7 Å². The number of rotatable bonds is 5. The summed E-state index contributed by atoms with van der Waals surface area (Å²) in [7, 11) is 2.18. The molecular formula is C20H33N3O. The molecule has 1 atom stereocenters. The molecule has 1 aromatic rings. The van der Waals surface area contributed by atoms with Gasteiger partial charge >= 0.3 is 0 Å². The number of carbonyl (C=O) groups is 1. The van der Waals surface area contributed by atoms with Crippen LogP contribution in [0.3, 0.4) is 0 Å². The van der Waals surface area contributed by atoms with Gasteiger partial charge in [0.05, 0.1) is 6.04 Å². The zero-order chi connectivity index (χ0) is 17.7. The van der Waals surface area contributed by atoms with Crippen molar-refractivity contribution >= 4 is 5.91 Å². The van der Waals surface area contributed by atoms with E-state index in [0.29, 0.717) is 5.92 Å². The van der Waals surface area contributed by atoms with Crippen LogP contribution in [0.25, 0.3) is 0 Å². The molecule has 0 spiro atoms. The summed E-state index contributed by atoms with van der Waals surface area (Å²) >= 11 is 0. The van der Waals surface area contributed by atoms with Crippen molar-refractivity contribution < 1.29 is 4.79 Å². The molecule has 0 aliphatic carbocycles. The van der Waals surface area contributed by atoms with Crippen LogP contribution in [0.15, 0.2) is 30.3 Å². The summed E-state index contributed by atoms with van der Waals surface area (Å²) in [5.74, 6) is 0.771. The molecule has 1 aromatic carbocycles. The van der Waals surface area contributed by atoms with E-state index in [2.05, 4.69) is 42.3 Å². The van der Waals surface area contributed by atoms with Gasteiger partial charge in [-0.2, -0.15) is 0 Å². The highest BCUT2D eigenvalue weighted by atomic mass is 16.2. The van der Waals surface area contributed by atoms with Crippen molar-refractivity contribution in [3.05, 3.63) is 35.9 Å². The molecule has 2 rings (SSSR count). The maximum absolute atomic E-state index is 12.5. The Hall–Kier alpha value is -1.39. The van der Waals surface area contributed by atoms with Gasteiger partial charge in [-0.1, -0.05) is 51.1 Å². The van der Waals surface area contributed by atoms with Gasteiger partial charge in [0.15, 0.2) is 0 Å². The molecule has 1 aliphatic heterocycles. The zero-order valence-corrected chi connectivity index (χ0v) is 15.7. The second kappa shape index (κ2) is 8.13. The van der Waals surface area contributed by atoms with Gasteiger partial charge < -0.3 is 15.5 Å². The van der Waals surface area contributed by atoms with Gasteiger partial charge in [-0.15, -0.1) is 0 Å². The third-order valence-electron chi connectivity index (χ3n) is 4.99. The molecule has 4 nitrogen and oxygen atoms in total. The van der Waals surface area contributed by atoms with Crippen molar-refractivity contribution in [3.63, 3.8) is 0 Å². The quantitative estimate of drug-likeness (QED) is 0.902. The number of amides is 1. The van der Waals surface area contributed by atoms with Crippen LogP contribution in [0.5, 0.6) is 0 Å². The average Bonchev–Trinajstić information content (AvgIpc) is 2.54. The summed E-state index contributed by atoms with van der Waals surface area (Å²) in [6, 6.07) is 10.2. The van der Waals surface area contributed by atoms with Crippen molar-refractivity contribution in [2.45, 2.75) is 46.2 Å². The molecule has 24 heavy (non-hydrogen) atoms. The maximum Gasteiger partial charge on any atom is 0.240 e. The number of likely N-dealkylation sites (tertiary alicyclic amines) is 1. The molecule has 1 saturated heterocycles. The summed E-state index contributed by atoms with van der Waals surface area (Å²) < 4.78 is 0. The zero-order valence-electron chi connectivity index (χ0n) is 15.7. The number of hydrogen-bond donors (Lipinski definition) is 1. The number of benzene rings is 1. The summed E-state index contributed by atoms with van der Waals surface area (Å²) in [5, 5.41) is 0. The van der Waals surface area contributed by atoms with Crippen LogP contribution in [0.4, 0.5) is 0 Å². The van der Waals surface area contributed by atoms with E-state index < -0.39 is 6.04 Å². The lowest BCUT2D eigenvalue weighted by molar-refractivity contribution is -0.136. The van der Waals surface area contributed by atoms with Gasteiger partial charge in [0.25, 0.3) is 0 Å². The highest BCUT2D eigenvalue weighted by Gasteiger charge is 2.33. The number of nitrogens with zero attached hydrogens (tertiary/aromatic N) is 2. The first kappa shape index (κ1) is 18.9. The minimum absolute atomic E-state index is 0.110. The minimum atomic E-state index is -0.408. The van der Waals surface area contributed by atoms with Crippen LogP contribution in [0.2, 0.25) is 0 Å². The third-order valence-corrected chi connectivity index (χ3v) is 4.99. The Morgan fingerprint density at radius 3 is 2.38 bits per heavy atom. The molecule has 1 amide bonds. The van der Waals surface area contributed by atoms with Crippen molar-refractivity contribution in [3.8, 4) is 0 Å². The molecule has 134 valence electrons. The van der Waals surface area contributed by atoms with E-state index in [4.69, 9.17) is 5.73 Å². The van der Waals surface area contributed by atoms with Gasteiger partial charge in [-0.3, -0.25) is 4.79 Å². The van der Waals surface area contributed by atoms with E-state index in [1.165, 1.54) is 5.56 Å². The normalized spacial score (nSPS) is 18.0. The van der Waals surface area contributed by atoms with Crippen LogP contribution in [0, 0.1) is 11.3 Å². The highest BCUT2D eigenvalue weighted by molar-refractivity contribution is 5.82. The SMILES string of the molecule is CN(Cc1ccccc1)CC1CCN(C(=O)[C@@H](N)C(C)(C)C)CC1. The number of hydrogen-bond acceptors (Lipinski definition) is 3. The van der Waals surface area contributed by atoms with Crippen molar-refractivity contribution in [1.82, 2.24) is 9.80 Å². The van der Waals surface area contributed by atoms with Crippen LogP contribution < -0.4 is 5.73 Å². The largest absolute Gasteiger partial charge is 0.341 e. The molecule has 2 N–H and O–H groups in total. The standard InChI is InChI=1S/C20H33N3O/c1-20(2,3)18(21)19(24)23-12-10-17(11-13-23)15-22(4)14-16-8-6-5-7-9-16/h5-9,17-18H,10-15,21H2,1-4H3/t18-/m1/s1. The lowest BCUT2D eigenvalue weighted by Crippen LogP contribution is -2.52. The summed E-state index contributed by atoms with van der Waals surface area (Å²) in [4.78, 5) is 16.9. The first-order chi connectivity index (χ1) is 11.3. The fourth-order valence-corrected chi connectivity index (χ4v) is 3.30. The number of piperidine rings is 1. The predicted octanol–water partition coefficient (Wildman–Crippen LogP) is 2.73. The topological polar surface area (TPSA) is 49.6 Å². The number of nitrogens with two attached hydrogens (primary N) is 1. The van der Waals surface area contributed by atoms with Gasteiger partial charge in [0.1, 0.15) is 0 Å². The maximum atomic E-state index is 12.5. The third kappa shape index (κ3) is 5.32. The minimum Gasteiger partial charge on any atom is -0.341 e. The molecule has 0 radical (unpaired) electrons. The molecule has 0 aromatic heterocycles. The van der Waals surface area contributed by atoms with Crippen molar-refractivity contribution in [2.24, 2.45) is 17.1 Å². The van der Waals surface area contributed by atoms with Crippen LogP contribution in [-0.4, -0.2) is 48.4 Å². The van der Waals surface area contributed by atoms with E-state index in [9.17, 15) is 4.79 Å². The second-order valence-electron chi connectivity index (χ2n) is 8.29. The van der Waals surface area contributed by atoms with Gasteiger partial charge in [0, 0.05) is 26.2 Å². The Balaban J connectivity index is 1.77. The lowest BCUT2D eigenvalue weighted by Gasteiger charge is -2.37. The van der Waals surface area contributed by atoms with Crippen LogP contribution in [-0.2, 0) is 11.3 Å². The molecule has 4 heteroatoms. The molecule has 1 aliphatic rings. The first-order valence-corrected chi connectivity index (χ1v) is 9.04. The molecular weight excluding hydrogens is 298 g/mol. The molecule has 0 unspecified atom stereocenters. The van der Waals surface area contributed by atoms with Crippen LogP contribution >= 0.6 is 0 Å². The van der Waals surface area contributed by atoms with Gasteiger partial charge in [-0.25, -0.2) is 0 Å². The summed E-state index contributed by atoms with van der Waals surface area (Å²) in [6.07, 6.45) is 2.14. The number of carbonyl (C=O) groups excluding carboxylic acids is 1. The Morgan fingerprint density at radius 2 is 1.83 bits per heavy atom. The van der Waals surface area contributed by atoms with E-state index in [1.54, 1.807) is 0 Å². The van der Waals surface area contributed by atoms with E-state index in [-0.39, 0.29) is 11.3 Å². The molecule has 1 fully saturated rings. The van der Waals surface area contributed by atoms with Crippen molar-refractivity contribution in [1.29, 1.82) is 0 Å². The summed E-state index contributed by atoms with van der Waals surface area (Å²) in [6.45, 7) is 9.83. The monoisotopic (exact) mass is 331 g/mol. The first-order valence-electron chi connectivity index (χ1n) is 9.04. The summed E-state index contributed by atoms with van der Waals surface area (Å²) in [5.41, 5.74) is 7.30. The van der Waals surface area contributed by atoms with Crippen molar-refractivity contribution in [2.75, 3.05) is 26.7 Å². The second-order valence-corrected chi connectivity index (χ2v) is 8.29. The lowest BCUT2D eigenvalue weighted by atomic mass is 9.86. The Labute approximate surface area is 147 Å². The Kier molecular flexibility index (Phi) is 6.41. The van der Waals surface area contributed by atoms with E-state index >= 15 is 0 Å².